The number of aromatic nitrogens is 2. The molecule has 3 heterocycles. The van der Waals surface area contributed by atoms with Crippen molar-refractivity contribution in [2.75, 3.05) is 25.0 Å². The Bertz CT molecular complexity index is 1110. The molecule has 31 heavy (non-hydrogen) atoms. The molecule has 3 rings (SSSR count). The number of nitrogens with zero attached hydrogens (tertiary/aromatic N) is 3. The predicted octanol–water partition coefficient (Wildman–Crippen LogP) is 3.62. The van der Waals surface area contributed by atoms with Gasteiger partial charge in [0.25, 0.3) is 11.5 Å². The van der Waals surface area contributed by atoms with Crippen molar-refractivity contribution in [1.29, 1.82) is 0 Å². The van der Waals surface area contributed by atoms with E-state index in [1.807, 2.05) is 26.8 Å². The van der Waals surface area contributed by atoms with E-state index in [1.54, 1.807) is 24.4 Å². The zero-order valence-corrected chi connectivity index (χ0v) is 19.5. The summed E-state index contributed by atoms with van der Waals surface area (Å²) >= 11 is 6.48. The van der Waals surface area contributed by atoms with Gasteiger partial charge < -0.3 is 10.1 Å². The molecule has 0 atom stereocenters. The molecule has 1 fully saturated rings. The van der Waals surface area contributed by atoms with Crippen molar-refractivity contribution in [3.05, 3.63) is 57.4 Å². The number of rotatable bonds is 9. The van der Waals surface area contributed by atoms with E-state index in [0.29, 0.717) is 46.0 Å². The second-order valence-corrected chi connectivity index (χ2v) is 9.02. The highest BCUT2D eigenvalue weighted by molar-refractivity contribution is 8.26. The van der Waals surface area contributed by atoms with Crippen LogP contribution in [-0.2, 0) is 9.53 Å². The van der Waals surface area contributed by atoms with Crippen LogP contribution in [0.5, 0.6) is 0 Å². The number of amides is 1. The molecule has 1 aliphatic heterocycles. The van der Waals surface area contributed by atoms with Crippen molar-refractivity contribution in [3.8, 4) is 0 Å². The molecule has 0 aliphatic carbocycles. The van der Waals surface area contributed by atoms with E-state index >= 15 is 0 Å². The van der Waals surface area contributed by atoms with Gasteiger partial charge in [-0.15, -0.1) is 6.58 Å². The smallest absolute Gasteiger partial charge is 0.267 e. The average Bonchev–Trinajstić information content (AvgIpc) is 2.98. The van der Waals surface area contributed by atoms with Crippen molar-refractivity contribution in [1.82, 2.24) is 14.3 Å². The van der Waals surface area contributed by atoms with E-state index in [1.165, 1.54) is 21.1 Å². The molecule has 9 heteroatoms. The van der Waals surface area contributed by atoms with Gasteiger partial charge in [0.2, 0.25) is 0 Å². The third-order valence-electron chi connectivity index (χ3n) is 4.61. The first-order chi connectivity index (χ1) is 14.8. The summed E-state index contributed by atoms with van der Waals surface area (Å²) in [7, 11) is 0. The molecule has 0 unspecified atom stereocenters. The lowest BCUT2D eigenvalue weighted by atomic mass is 10.2. The Morgan fingerprint density at radius 3 is 2.87 bits per heavy atom. The SMILES string of the molecule is C=CCN1C(=O)/C(=C/c2c(NCCCOC(C)C)nc3c(C)cccn3c2=O)SC1=S. The Kier molecular flexibility index (Phi) is 7.64. The lowest BCUT2D eigenvalue weighted by molar-refractivity contribution is -0.121. The summed E-state index contributed by atoms with van der Waals surface area (Å²) in [6.07, 6.45) is 5.81. The summed E-state index contributed by atoms with van der Waals surface area (Å²) in [6.45, 7) is 11.1. The van der Waals surface area contributed by atoms with Gasteiger partial charge in [0.15, 0.2) is 0 Å². The maximum absolute atomic E-state index is 13.3. The third kappa shape index (κ3) is 5.23. The highest BCUT2D eigenvalue weighted by Crippen LogP contribution is 2.33. The van der Waals surface area contributed by atoms with Crippen molar-refractivity contribution in [2.45, 2.75) is 33.3 Å². The van der Waals surface area contributed by atoms with E-state index in [2.05, 4.69) is 11.9 Å². The van der Waals surface area contributed by atoms with E-state index < -0.39 is 0 Å². The Balaban J connectivity index is 1.99. The lowest BCUT2D eigenvalue weighted by Crippen LogP contribution is -2.28. The molecule has 1 aliphatic rings. The largest absolute Gasteiger partial charge is 0.379 e. The Morgan fingerprint density at radius 1 is 1.39 bits per heavy atom. The van der Waals surface area contributed by atoms with Crippen molar-refractivity contribution in [2.24, 2.45) is 0 Å². The van der Waals surface area contributed by atoms with Gasteiger partial charge >= 0.3 is 0 Å². The summed E-state index contributed by atoms with van der Waals surface area (Å²) in [5.41, 5.74) is 1.54. The first-order valence-corrected chi connectivity index (χ1v) is 11.3. The summed E-state index contributed by atoms with van der Waals surface area (Å²) in [5, 5.41) is 3.25. The number of carbonyl (C=O) groups is 1. The number of thiocarbonyl (C=S) groups is 1. The molecule has 1 saturated heterocycles. The van der Waals surface area contributed by atoms with Crippen LogP contribution in [0.3, 0.4) is 0 Å². The van der Waals surface area contributed by atoms with Gasteiger partial charge in [0.05, 0.1) is 16.6 Å². The van der Waals surface area contributed by atoms with Crippen LogP contribution < -0.4 is 10.9 Å². The fraction of sp³-hybridized carbons (Fsp3) is 0.364. The van der Waals surface area contributed by atoms with Gasteiger partial charge in [-0.3, -0.25) is 18.9 Å². The third-order valence-corrected chi connectivity index (χ3v) is 5.99. The quantitative estimate of drug-likeness (QED) is 0.266. The molecule has 0 saturated carbocycles. The number of fused-ring (bicyclic) bond motifs is 1. The summed E-state index contributed by atoms with van der Waals surface area (Å²) in [4.78, 5) is 32.6. The molecule has 2 aromatic heterocycles. The Morgan fingerprint density at radius 2 is 2.16 bits per heavy atom. The maximum Gasteiger partial charge on any atom is 0.267 e. The number of aryl methyl sites for hydroxylation is 1. The first kappa shape index (κ1) is 23.2. The van der Waals surface area contributed by atoms with Gasteiger partial charge in [0.1, 0.15) is 15.8 Å². The maximum atomic E-state index is 13.3. The highest BCUT2D eigenvalue weighted by atomic mass is 32.2. The summed E-state index contributed by atoms with van der Waals surface area (Å²) < 4.78 is 7.52. The normalized spacial score (nSPS) is 15.5. The van der Waals surface area contributed by atoms with Crippen LogP contribution in [0.2, 0.25) is 0 Å². The molecule has 0 aromatic carbocycles. The summed E-state index contributed by atoms with van der Waals surface area (Å²) in [5.74, 6) is 0.206. The van der Waals surface area contributed by atoms with Crippen LogP contribution in [0.1, 0.15) is 31.4 Å². The predicted molar refractivity (Wildman–Crippen MR) is 130 cm³/mol. The minimum Gasteiger partial charge on any atom is -0.379 e. The molecule has 0 radical (unpaired) electrons. The second kappa shape index (κ2) is 10.2. The molecular formula is C22H26N4O3S2. The number of hydrogen-bond donors (Lipinski definition) is 1. The van der Waals surface area contributed by atoms with Gasteiger partial charge in [-0.2, -0.15) is 0 Å². The Labute approximate surface area is 191 Å². The van der Waals surface area contributed by atoms with Crippen molar-refractivity contribution < 1.29 is 9.53 Å². The van der Waals surface area contributed by atoms with Gasteiger partial charge in [-0.25, -0.2) is 4.98 Å². The van der Waals surface area contributed by atoms with Crippen LogP contribution in [0.4, 0.5) is 5.82 Å². The zero-order valence-electron chi connectivity index (χ0n) is 17.9. The Hall–Kier alpha value is -2.49. The molecular weight excluding hydrogens is 432 g/mol. The van der Waals surface area contributed by atoms with E-state index in [9.17, 15) is 9.59 Å². The number of hydrogen-bond acceptors (Lipinski definition) is 7. The van der Waals surface area contributed by atoms with E-state index in [0.717, 1.165) is 12.0 Å². The van der Waals surface area contributed by atoms with Crippen LogP contribution >= 0.6 is 24.0 Å². The number of carbonyl (C=O) groups excluding carboxylic acids is 1. The highest BCUT2D eigenvalue weighted by Gasteiger charge is 2.31. The lowest BCUT2D eigenvalue weighted by Gasteiger charge is -2.13. The van der Waals surface area contributed by atoms with Crippen LogP contribution in [0.15, 0.2) is 40.7 Å². The molecule has 7 nitrogen and oxygen atoms in total. The van der Waals surface area contributed by atoms with Crippen LogP contribution in [0, 0.1) is 6.92 Å². The van der Waals surface area contributed by atoms with Gasteiger partial charge in [0, 0.05) is 25.9 Å². The van der Waals surface area contributed by atoms with Crippen molar-refractivity contribution >= 4 is 51.7 Å². The fourth-order valence-electron chi connectivity index (χ4n) is 3.09. The molecule has 0 bridgehead atoms. The number of ether oxygens (including phenoxy) is 1. The monoisotopic (exact) mass is 458 g/mol. The first-order valence-electron chi connectivity index (χ1n) is 10.1. The fourth-order valence-corrected chi connectivity index (χ4v) is 4.35. The number of anilines is 1. The molecule has 1 N–H and O–H groups in total. The van der Waals surface area contributed by atoms with Gasteiger partial charge in [-0.1, -0.05) is 36.1 Å². The number of thioether (sulfide) groups is 1. The van der Waals surface area contributed by atoms with Crippen molar-refractivity contribution in [3.63, 3.8) is 0 Å². The molecule has 1 amide bonds. The average molecular weight is 459 g/mol. The molecule has 2 aromatic rings. The zero-order chi connectivity index (χ0) is 22.5. The number of pyridine rings is 1. The molecule has 164 valence electrons. The number of nitrogens with one attached hydrogen (secondary N) is 1. The van der Waals surface area contributed by atoms with Crippen LogP contribution in [0.25, 0.3) is 11.7 Å². The van der Waals surface area contributed by atoms with Crippen LogP contribution in [-0.4, -0.2) is 50.3 Å². The molecule has 0 spiro atoms. The topological polar surface area (TPSA) is 75.9 Å². The minimum atomic E-state index is -0.247. The standard InChI is InChI=1S/C22H26N4O3S2/c1-5-10-26-21(28)17(31-22(26)30)13-16-18(23-9-7-12-29-14(2)3)24-19-15(4)8-6-11-25(19)20(16)27/h5-6,8,11,13-14,23H,1,7,9-10,12H2,2-4H3/b17-13-. The van der Waals surface area contributed by atoms with E-state index in [4.69, 9.17) is 21.9 Å². The second-order valence-electron chi connectivity index (χ2n) is 7.34. The summed E-state index contributed by atoms with van der Waals surface area (Å²) in [6, 6.07) is 3.71. The van der Waals surface area contributed by atoms with Gasteiger partial charge in [-0.05, 0) is 44.9 Å². The minimum absolute atomic E-state index is 0.166. The van der Waals surface area contributed by atoms with E-state index in [-0.39, 0.29) is 17.6 Å².